The van der Waals surface area contributed by atoms with Crippen LogP contribution >= 0.6 is 35.3 Å². The first-order valence-corrected chi connectivity index (χ1v) is 9.53. The summed E-state index contributed by atoms with van der Waals surface area (Å²) in [7, 11) is 1.67. The maximum Gasteiger partial charge on any atom is 0.416 e. The highest BCUT2D eigenvalue weighted by atomic mass is 127. The molecule has 9 heteroatoms. The van der Waals surface area contributed by atoms with E-state index in [9.17, 15) is 13.2 Å². The molecule has 2 N–H and O–H groups in total. The molecular weight excluding hydrogens is 500 g/mol. The molecule has 0 saturated carbocycles. The number of aliphatic imine (C=N–C) groups is 1. The van der Waals surface area contributed by atoms with E-state index in [0.29, 0.717) is 24.6 Å². The quantitative estimate of drug-likeness (QED) is 0.324. The lowest BCUT2D eigenvalue weighted by molar-refractivity contribution is -0.137. The Morgan fingerprint density at radius 1 is 1.18 bits per heavy atom. The normalized spacial score (nSPS) is 12.5. The predicted molar refractivity (Wildman–Crippen MR) is 120 cm³/mol. The molecule has 0 aliphatic carbocycles. The second-order valence-electron chi connectivity index (χ2n) is 6.92. The number of hydrogen-bond donors (Lipinski definition) is 2. The van der Waals surface area contributed by atoms with Crippen molar-refractivity contribution in [3.63, 3.8) is 0 Å². The Hall–Kier alpha value is -1.36. The third kappa shape index (κ3) is 7.23. The summed E-state index contributed by atoms with van der Waals surface area (Å²) in [5, 5.41) is 9.48. The van der Waals surface area contributed by atoms with Crippen molar-refractivity contribution < 1.29 is 13.2 Å². The minimum absolute atomic E-state index is 0. The van der Waals surface area contributed by atoms with Crippen LogP contribution in [-0.2, 0) is 18.0 Å². The number of aromatic nitrogens is 1. The van der Waals surface area contributed by atoms with Gasteiger partial charge in [0.2, 0.25) is 0 Å². The van der Waals surface area contributed by atoms with Gasteiger partial charge in [-0.25, -0.2) is 4.98 Å². The minimum atomic E-state index is -4.34. The second-order valence-corrected chi connectivity index (χ2v) is 7.99. The molecule has 0 radical (unpaired) electrons. The van der Waals surface area contributed by atoms with Gasteiger partial charge in [0.05, 0.1) is 16.3 Å². The van der Waals surface area contributed by atoms with E-state index in [1.807, 2.05) is 26.2 Å². The van der Waals surface area contributed by atoms with Gasteiger partial charge in [-0.1, -0.05) is 32.0 Å². The summed E-state index contributed by atoms with van der Waals surface area (Å²) in [4.78, 5) is 8.59. The van der Waals surface area contributed by atoms with Gasteiger partial charge in [0.25, 0.3) is 0 Å². The highest BCUT2D eigenvalue weighted by Gasteiger charge is 2.32. The molecule has 0 spiro atoms. The van der Waals surface area contributed by atoms with Gasteiger partial charge in [-0.3, -0.25) is 4.99 Å². The van der Waals surface area contributed by atoms with Crippen LogP contribution in [0.15, 0.2) is 34.6 Å². The zero-order valence-electron chi connectivity index (χ0n) is 16.4. The Morgan fingerprint density at radius 2 is 1.86 bits per heavy atom. The van der Waals surface area contributed by atoms with Crippen molar-refractivity contribution in [3.8, 4) is 0 Å². The van der Waals surface area contributed by atoms with Crippen LogP contribution in [0.5, 0.6) is 0 Å². The van der Waals surface area contributed by atoms with Gasteiger partial charge in [-0.2, -0.15) is 13.2 Å². The number of guanidine groups is 1. The molecule has 28 heavy (non-hydrogen) atoms. The van der Waals surface area contributed by atoms with Crippen molar-refractivity contribution in [1.82, 2.24) is 15.6 Å². The molecule has 156 valence electrons. The van der Waals surface area contributed by atoms with Crippen LogP contribution < -0.4 is 10.6 Å². The lowest BCUT2D eigenvalue weighted by atomic mass is 9.84. The third-order valence-electron chi connectivity index (χ3n) is 4.23. The molecule has 0 amide bonds. The summed E-state index contributed by atoms with van der Waals surface area (Å²) in [6.45, 7) is 6.90. The van der Waals surface area contributed by atoms with E-state index in [2.05, 4.69) is 20.6 Å². The van der Waals surface area contributed by atoms with Gasteiger partial charge in [-0.15, -0.1) is 35.3 Å². The van der Waals surface area contributed by atoms with E-state index >= 15 is 0 Å². The number of nitrogens with one attached hydrogen (secondary N) is 2. The van der Waals surface area contributed by atoms with Crippen LogP contribution in [-0.4, -0.2) is 31.1 Å². The monoisotopic (exact) mass is 526 g/mol. The fourth-order valence-corrected chi connectivity index (χ4v) is 3.22. The van der Waals surface area contributed by atoms with Crippen molar-refractivity contribution in [2.75, 3.05) is 20.1 Å². The van der Waals surface area contributed by atoms with Crippen LogP contribution in [0.4, 0.5) is 13.2 Å². The van der Waals surface area contributed by atoms with Crippen LogP contribution in [0.25, 0.3) is 0 Å². The maximum absolute atomic E-state index is 13.0. The zero-order valence-corrected chi connectivity index (χ0v) is 19.5. The van der Waals surface area contributed by atoms with E-state index < -0.39 is 17.2 Å². The van der Waals surface area contributed by atoms with Crippen LogP contribution in [0, 0.1) is 6.92 Å². The Balaban J connectivity index is 0.00000392. The molecule has 2 rings (SSSR count). The van der Waals surface area contributed by atoms with Crippen LogP contribution in [0.2, 0.25) is 0 Å². The van der Waals surface area contributed by atoms with Gasteiger partial charge in [0, 0.05) is 37.4 Å². The fraction of sp³-hybridized carbons (Fsp3) is 0.474. The molecular formula is C19H26F3IN4S. The maximum atomic E-state index is 13.0. The van der Waals surface area contributed by atoms with E-state index in [1.165, 1.54) is 12.1 Å². The number of alkyl halides is 3. The lowest BCUT2D eigenvalue weighted by Crippen LogP contribution is -2.44. The Labute approximate surface area is 185 Å². The first-order valence-electron chi connectivity index (χ1n) is 8.65. The molecule has 0 saturated heterocycles. The minimum Gasteiger partial charge on any atom is -0.356 e. The molecule has 1 aromatic heterocycles. The molecule has 1 heterocycles. The zero-order chi connectivity index (χ0) is 20.1. The molecule has 0 fully saturated rings. The topological polar surface area (TPSA) is 49.3 Å². The number of rotatable bonds is 6. The molecule has 4 nitrogen and oxygen atoms in total. The highest BCUT2D eigenvalue weighted by Crippen LogP contribution is 2.32. The van der Waals surface area contributed by atoms with Crippen LogP contribution in [0.3, 0.4) is 0 Å². The van der Waals surface area contributed by atoms with Gasteiger partial charge in [0.15, 0.2) is 5.96 Å². The van der Waals surface area contributed by atoms with E-state index in [0.717, 1.165) is 23.2 Å². The first-order chi connectivity index (χ1) is 12.6. The van der Waals surface area contributed by atoms with Gasteiger partial charge in [-0.05, 0) is 18.6 Å². The lowest BCUT2D eigenvalue weighted by Gasteiger charge is -2.27. The second kappa shape index (κ2) is 10.4. The Kier molecular flexibility index (Phi) is 9.19. The summed E-state index contributed by atoms with van der Waals surface area (Å²) in [6, 6.07) is 5.47. The third-order valence-corrected chi connectivity index (χ3v) is 5.06. The molecule has 0 atom stereocenters. The average Bonchev–Trinajstić information content (AvgIpc) is 3.02. The summed E-state index contributed by atoms with van der Waals surface area (Å²) in [6.07, 6.45) is -3.56. The van der Waals surface area contributed by atoms with E-state index in [-0.39, 0.29) is 24.0 Å². The number of halogens is 4. The molecule has 0 aliphatic rings. The molecule has 0 unspecified atom stereocenters. The number of nitrogens with zero attached hydrogens (tertiary/aromatic N) is 2. The smallest absolute Gasteiger partial charge is 0.356 e. The Morgan fingerprint density at radius 3 is 2.43 bits per heavy atom. The molecule has 0 bridgehead atoms. The molecule has 2 aromatic rings. The fourth-order valence-electron chi connectivity index (χ4n) is 2.58. The largest absolute Gasteiger partial charge is 0.416 e. The number of thiazole rings is 1. The van der Waals surface area contributed by atoms with Crippen molar-refractivity contribution in [2.45, 2.75) is 38.8 Å². The molecule has 1 aromatic carbocycles. The van der Waals surface area contributed by atoms with Crippen molar-refractivity contribution in [1.29, 1.82) is 0 Å². The Bertz CT molecular complexity index is 787. The van der Waals surface area contributed by atoms with Crippen LogP contribution in [0.1, 0.15) is 35.7 Å². The van der Waals surface area contributed by atoms with Crippen molar-refractivity contribution >= 4 is 41.3 Å². The van der Waals surface area contributed by atoms with Gasteiger partial charge >= 0.3 is 6.18 Å². The average molecular weight is 526 g/mol. The van der Waals surface area contributed by atoms with Gasteiger partial charge < -0.3 is 10.6 Å². The SMILES string of the molecule is CN=C(NCCc1csc(C)n1)NCC(C)(C)c1cccc(C(F)(F)F)c1.I. The van der Waals surface area contributed by atoms with E-state index in [1.54, 1.807) is 24.5 Å². The number of aryl methyl sites for hydroxylation is 1. The summed E-state index contributed by atoms with van der Waals surface area (Å²) < 4.78 is 38.9. The van der Waals surface area contributed by atoms with Crippen molar-refractivity contribution in [2.24, 2.45) is 4.99 Å². The molecule has 0 aliphatic heterocycles. The summed E-state index contributed by atoms with van der Waals surface area (Å²) in [5.74, 6) is 0.613. The number of benzene rings is 1. The standard InChI is InChI=1S/C19H25F3N4S.HI/c1-13-26-16(11-27-13)8-9-24-17(23-4)25-12-18(2,3)14-6-5-7-15(10-14)19(20,21)22;/h5-7,10-11H,8-9,12H2,1-4H3,(H2,23,24,25);1H. The predicted octanol–water partition coefficient (Wildman–Crippen LogP) is 4.77. The van der Waals surface area contributed by atoms with E-state index in [4.69, 9.17) is 0 Å². The van der Waals surface area contributed by atoms with Gasteiger partial charge in [0.1, 0.15) is 0 Å². The number of hydrogen-bond acceptors (Lipinski definition) is 3. The first kappa shape index (κ1) is 24.7. The van der Waals surface area contributed by atoms with Crippen molar-refractivity contribution in [3.05, 3.63) is 51.5 Å². The summed E-state index contributed by atoms with van der Waals surface area (Å²) in [5.41, 5.74) is 0.530. The summed E-state index contributed by atoms with van der Waals surface area (Å²) >= 11 is 1.62. The highest BCUT2D eigenvalue weighted by molar-refractivity contribution is 14.0.